The Labute approximate surface area is 223 Å². The maximum absolute atomic E-state index is 14.0. The molecule has 0 aromatic heterocycles. The number of Topliss-reactive ketones (excluding diaryl/α,β-unsaturated/α-hetero) is 1. The summed E-state index contributed by atoms with van der Waals surface area (Å²) in [5.41, 5.74) is -1.10. The van der Waals surface area contributed by atoms with Gasteiger partial charge in [-0.3, -0.25) is 9.59 Å². The normalized spacial score (nSPS) is 17.9. The average Bonchev–Trinajstić information content (AvgIpc) is 2.90. The molecule has 8 heteroatoms. The third kappa shape index (κ3) is 4.57. The van der Waals surface area contributed by atoms with Gasteiger partial charge in [-0.2, -0.15) is 0 Å². The number of hydrogen-bond acceptors (Lipinski definition) is 6. The van der Waals surface area contributed by atoms with Crippen molar-refractivity contribution in [3.8, 4) is 0 Å². The van der Waals surface area contributed by atoms with Crippen LogP contribution < -0.4 is 0 Å². The Hall–Kier alpha value is -3.78. The number of esters is 2. The Balaban J connectivity index is 1.99. The summed E-state index contributed by atoms with van der Waals surface area (Å²) in [7, 11) is 0. The molecule has 37 heavy (non-hydrogen) atoms. The second kappa shape index (κ2) is 11.1. The summed E-state index contributed by atoms with van der Waals surface area (Å²) in [5, 5.41) is 0. The largest absolute Gasteiger partial charge is 0.464 e. The Bertz CT molecular complexity index is 1270. The molecule has 1 amide bonds. The lowest BCUT2D eigenvalue weighted by molar-refractivity contribution is -0.189. The van der Waals surface area contributed by atoms with Gasteiger partial charge in [-0.25, -0.2) is 9.59 Å². The van der Waals surface area contributed by atoms with Crippen LogP contribution in [0.4, 0.5) is 0 Å². The van der Waals surface area contributed by atoms with Crippen LogP contribution >= 0.6 is 15.9 Å². The number of carbonyl (C=O) groups excluding carboxylic acids is 4. The topological polar surface area (TPSA) is 90.0 Å². The molecule has 0 unspecified atom stereocenters. The molecule has 1 aliphatic heterocycles. The van der Waals surface area contributed by atoms with Crippen molar-refractivity contribution in [2.45, 2.75) is 31.3 Å². The Kier molecular flexibility index (Phi) is 7.88. The van der Waals surface area contributed by atoms with E-state index in [0.29, 0.717) is 11.1 Å². The number of halogens is 1. The van der Waals surface area contributed by atoms with E-state index in [1.807, 2.05) is 0 Å². The Morgan fingerprint density at radius 2 is 1.24 bits per heavy atom. The molecule has 1 fully saturated rings. The Morgan fingerprint density at radius 3 is 1.73 bits per heavy atom. The van der Waals surface area contributed by atoms with Crippen molar-refractivity contribution >= 4 is 39.6 Å². The van der Waals surface area contributed by atoms with Crippen molar-refractivity contribution in [1.82, 2.24) is 4.90 Å². The molecule has 0 spiro atoms. The van der Waals surface area contributed by atoms with E-state index >= 15 is 0 Å². The number of ketones is 1. The fourth-order valence-corrected chi connectivity index (χ4v) is 5.09. The number of carbonyl (C=O) groups is 4. The summed E-state index contributed by atoms with van der Waals surface area (Å²) < 4.78 is 11.6. The molecule has 0 saturated carbocycles. The minimum Gasteiger partial charge on any atom is -0.464 e. The molecule has 4 rings (SSSR count). The van der Waals surface area contributed by atoms with Gasteiger partial charge in [0, 0.05) is 15.6 Å². The van der Waals surface area contributed by atoms with Crippen LogP contribution in [0.2, 0.25) is 0 Å². The van der Waals surface area contributed by atoms with Gasteiger partial charge in [-0.1, -0.05) is 76.6 Å². The zero-order chi connectivity index (χ0) is 26.6. The highest BCUT2D eigenvalue weighted by Gasteiger charge is 2.75. The highest BCUT2D eigenvalue weighted by Crippen LogP contribution is 2.52. The van der Waals surface area contributed by atoms with Crippen molar-refractivity contribution in [3.05, 3.63) is 106 Å². The second-order valence-corrected chi connectivity index (χ2v) is 9.37. The summed E-state index contributed by atoms with van der Waals surface area (Å²) >= 11 is 3.40. The number of benzene rings is 3. The van der Waals surface area contributed by atoms with E-state index in [1.54, 1.807) is 98.8 Å². The standard InChI is InChI=1S/C29H26BrNO6/c1-3-36-27(34)29(28(35)37-4-2)23(19-15-17-22(30)18-16-19)24(25(32)20-11-7-5-8-12-20)31(29)26(33)21-13-9-6-10-14-21/h5-18,23-24H,3-4H2,1-2H3/t23-,24+/m1/s1. The second-order valence-electron chi connectivity index (χ2n) is 8.45. The van der Waals surface area contributed by atoms with E-state index in [4.69, 9.17) is 9.47 Å². The van der Waals surface area contributed by atoms with Crippen molar-refractivity contribution in [2.75, 3.05) is 13.2 Å². The van der Waals surface area contributed by atoms with Gasteiger partial charge >= 0.3 is 11.9 Å². The van der Waals surface area contributed by atoms with Crippen molar-refractivity contribution in [3.63, 3.8) is 0 Å². The summed E-state index contributed by atoms with van der Waals surface area (Å²) in [6.45, 7) is 3.16. The zero-order valence-electron chi connectivity index (χ0n) is 20.4. The van der Waals surface area contributed by atoms with Gasteiger partial charge in [0.15, 0.2) is 5.78 Å². The number of hydrogen-bond donors (Lipinski definition) is 0. The van der Waals surface area contributed by atoms with Gasteiger partial charge in [0.1, 0.15) is 6.04 Å². The molecule has 0 radical (unpaired) electrons. The minimum atomic E-state index is -2.19. The van der Waals surface area contributed by atoms with Gasteiger partial charge in [0.05, 0.1) is 19.1 Å². The number of rotatable bonds is 8. The highest BCUT2D eigenvalue weighted by molar-refractivity contribution is 9.10. The number of nitrogens with zero attached hydrogens (tertiary/aromatic N) is 1. The van der Waals surface area contributed by atoms with Gasteiger partial charge in [-0.05, 0) is 43.7 Å². The van der Waals surface area contributed by atoms with Crippen LogP contribution in [0.15, 0.2) is 89.4 Å². The van der Waals surface area contributed by atoms with Crippen LogP contribution in [0.1, 0.15) is 46.0 Å². The monoisotopic (exact) mass is 563 g/mol. The summed E-state index contributed by atoms with van der Waals surface area (Å²) in [4.78, 5) is 56.5. The van der Waals surface area contributed by atoms with Crippen LogP contribution in [-0.4, -0.2) is 53.3 Å². The van der Waals surface area contributed by atoms with Crippen LogP contribution in [0.5, 0.6) is 0 Å². The lowest BCUT2D eigenvalue weighted by Crippen LogP contribution is -2.82. The lowest BCUT2D eigenvalue weighted by atomic mass is 9.62. The minimum absolute atomic E-state index is 0.0300. The van der Waals surface area contributed by atoms with E-state index in [1.165, 1.54) is 0 Å². The Morgan fingerprint density at radius 1 is 0.757 bits per heavy atom. The molecule has 1 heterocycles. The number of ether oxygens (including phenoxy) is 2. The third-order valence-electron chi connectivity index (χ3n) is 6.39. The molecule has 0 N–H and O–H groups in total. The van der Waals surface area contributed by atoms with E-state index in [0.717, 1.165) is 9.37 Å². The zero-order valence-corrected chi connectivity index (χ0v) is 22.0. The number of amides is 1. The summed E-state index contributed by atoms with van der Waals surface area (Å²) in [5.74, 6) is -3.98. The van der Waals surface area contributed by atoms with Crippen LogP contribution in [0, 0.1) is 0 Å². The molecular formula is C29H26BrNO6. The molecule has 0 bridgehead atoms. The molecule has 0 aliphatic carbocycles. The van der Waals surface area contributed by atoms with Gasteiger partial charge in [-0.15, -0.1) is 0 Å². The smallest absolute Gasteiger partial charge is 0.344 e. The molecule has 2 atom stereocenters. The first-order valence-corrected chi connectivity index (χ1v) is 12.7. The fraction of sp³-hybridized carbons (Fsp3) is 0.241. The van der Waals surface area contributed by atoms with Crippen molar-refractivity contribution in [2.24, 2.45) is 0 Å². The van der Waals surface area contributed by atoms with Crippen LogP contribution in [0.25, 0.3) is 0 Å². The SMILES string of the molecule is CCOC(=O)C1(C(=O)OCC)[C@H](c2ccc(Br)cc2)[C@@H](C(=O)c2ccccc2)N1C(=O)c1ccccc1. The average molecular weight is 564 g/mol. The molecule has 3 aromatic rings. The molecule has 190 valence electrons. The summed E-state index contributed by atoms with van der Waals surface area (Å²) in [6.07, 6.45) is 0. The predicted molar refractivity (Wildman–Crippen MR) is 140 cm³/mol. The van der Waals surface area contributed by atoms with Crippen molar-refractivity contribution in [1.29, 1.82) is 0 Å². The maximum atomic E-state index is 14.0. The first-order valence-electron chi connectivity index (χ1n) is 12.0. The van der Waals surface area contributed by atoms with Crippen LogP contribution in [-0.2, 0) is 19.1 Å². The van der Waals surface area contributed by atoms with Gasteiger partial charge < -0.3 is 14.4 Å². The lowest BCUT2D eigenvalue weighted by Gasteiger charge is -2.59. The molecule has 7 nitrogen and oxygen atoms in total. The quantitative estimate of drug-likeness (QED) is 0.222. The highest BCUT2D eigenvalue weighted by atomic mass is 79.9. The molecular weight excluding hydrogens is 538 g/mol. The first kappa shape index (κ1) is 26.3. The van der Waals surface area contributed by atoms with Gasteiger partial charge in [0.25, 0.3) is 5.91 Å². The number of likely N-dealkylation sites (tertiary alicyclic amines) is 1. The van der Waals surface area contributed by atoms with E-state index in [2.05, 4.69) is 15.9 Å². The third-order valence-corrected chi connectivity index (χ3v) is 6.92. The fourth-order valence-electron chi connectivity index (χ4n) is 4.82. The first-order chi connectivity index (χ1) is 17.9. The van der Waals surface area contributed by atoms with E-state index in [-0.39, 0.29) is 18.8 Å². The maximum Gasteiger partial charge on any atom is 0.344 e. The van der Waals surface area contributed by atoms with Crippen molar-refractivity contribution < 1.29 is 28.7 Å². The van der Waals surface area contributed by atoms with E-state index in [9.17, 15) is 19.2 Å². The van der Waals surface area contributed by atoms with Gasteiger partial charge in [0.2, 0.25) is 5.54 Å². The van der Waals surface area contributed by atoms with E-state index < -0.39 is 41.1 Å². The molecule has 1 aliphatic rings. The van der Waals surface area contributed by atoms with Crippen LogP contribution in [0.3, 0.4) is 0 Å². The predicted octanol–water partition coefficient (Wildman–Crippen LogP) is 4.81. The molecule has 3 aromatic carbocycles. The molecule has 1 saturated heterocycles. The summed E-state index contributed by atoms with van der Waals surface area (Å²) in [6, 6.07) is 22.5.